The standard InChI is InChI=1S/C19H24N6O2S2/c26-29(27,19-9-5-15-28-19)21-16-10-13-24(14-11-16)12-4-8-18-20-22-23-25(18)17-6-2-1-3-7-17/h1-3,5-7,9,15-16,21H,4,8,10-14H2. The third-order valence-corrected chi connectivity index (χ3v) is 8.00. The van der Waals surface area contributed by atoms with Gasteiger partial charge in [0.1, 0.15) is 4.21 Å². The van der Waals surface area contributed by atoms with E-state index in [0.29, 0.717) is 4.21 Å². The van der Waals surface area contributed by atoms with E-state index in [2.05, 4.69) is 25.1 Å². The summed E-state index contributed by atoms with van der Waals surface area (Å²) in [6.07, 6.45) is 3.41. The normalized spacial score (nSPS) is 16.3. The van der Waals surface area contributed by atoms with Crippen LogP contribution in [0.15, 0.2) is 52.1 Å². The van der Waals surface area contributed by atoms with E-state index in [1.165, 1.54) is 11.3 Å². The number of benzene rings is 1. The molecule has 1 aliphatic heterocycles. The molecule has 4 rings (SSSR count). The third kappa shape index (κ3) is 5.08. The van der Waals surface area contributed by atoms with Crippen molar-refractivity contribution in [2.24, 2.45) is 0 Å². The van der Waals surface area contributed by atoms with Gasteiger partial charge in [-0.2, -0.15) is 4.68 Å². The van der Waals surface area contributed by atoms with Crippen molar-refractivity contribution in [2.75, 3.05) is 19.6 Å². The molecule has 0 unspecified atom stereocenters. The van der Waals surface area contributed by atoms with Crippen molar-refractivity contribution < 1.29 is 8.42 Å². The zero-order valence-electron chi connectivity index (χ0n) is 16.0. The third-order valence-electron chi connectivity index (χ3n) is 5.08. The van der Waals surface area contributed by atoms with E-state index in [4.69, 9.17) is 0 Å². The average molecular weight is 433 g/mol. The molecule has 3 aromatic rings. The van der Waals surface area contributed by atoms with E-state index in [1.807, 2.05) is 30.3 Å². The van der Waals surface area contributed by atoms with Crippen LogP contribution in [0.4, 0.5) is 0 Å². The van der Waals surface area contributed by atoms with Crippen LogP contribution in [0.5, 0.6) is 0 Å². The number of nitrogens with zero attached hydrogens (tertiary/aromatic N) is 5. The number of aromatic nitrogens is 4. The van der Waals surface area contributed by atoms with Crippen LogP contribution in [0.2, 0.25) is 0 Å². The van der Waals surface area contributed by atoms with Crippen LogP contribution in [-0.4, -0.2) is 59.2 Å². The highest BCUT2D eigenvalue weighted by atomic mass is 32.2. The summed E-state index contributed by atoms with van der Waals surface area (Å²) in [5, 5.41) is 13.9. The van der Waals surface area contributed by atoms with Crippen molar-refractivity contribution >= 4 is 21.4 Å². The molecule has 154 valence electrons. The summed E-state index contributed by atoms with van der Waals surface area (Å²) >= 11 is 1.25. The van der Waals surface area contributed by atoms with Gasteiger partial charge < -0.3 is 4.90 Å². The maximum Gasteiger partial charge on any atom is 0.250 e. The molecule has 2 aromatic heterocycles. The fraction of sp³-hybridized carbons (Fsp3) is 0.421. The van der Waals surface area contributed by atoms with Gasteiger partial charge in [0.2, 0.25) is 10.0 Å². The first-order valence-corrected chi connectivity index (χ1v) is 12.1. The highest BCUT2D eigenvalue weighted by Crippen LogP contribution is 2.19. The molecule has 1 saturated heterocycles. The van der Waals surface area contributed by atoms with E-state index < -0.39 is 10.0 Å². The van der Waals surface area contributed by atoms with Crippen LogP contribution in [-0.2, 0) is 16.4 Å². The molecule has 0 atom stereocenters. The average Bonchev–Trinajstić information content (AvgIpc) is 3.42. The van der Waals surface area contributed by atoms with Crippen molar-refractivity contribution in [2.45, 2.75) is 35.9 Å². The number of thiophene rings is 1. The Morgan fingerprint density at radius 3 is 2.62 bits per heavy atom. The van der Waals surface area contributed by atoms with Gasteiger partial charge in [-0.3, -0.25) is 0 Å². The maximum atomic E-state index is 12.4. The largest absolute Gasteiger partial charge is 0.303 e. The number of tetrazole rings is 1. The first kappa shape index (κ1) is 20.1. The minimum Gasteiger partial charge on any atom is -0.303 e. The van der Waals surface area contributed by atoms with E-state index >= 15 is 0 Å². The zero-order chi connectivity index (χ0) is 20.1. The second-order valence-corrected chi connectivity index (χ2v) is 10.0. The molecule has 0 aliphatic carbocycles. The van der Waals surface area contributed by atoms with Crippen LogP contribution >= 0.6 is 11.3 Å². The molecule has 0 amide bonds. The quantitative estimate of drug-likeness (QED) is 0.586. The second kappa shape index (κ2) is 9.12. The van der Waals surface area contributed by atoms with Gasteiger partial charge in [-0.15, -0.1) is 16.4 Å². The summed E-state index contributed by atoms with van der Waals surface area (Å²) in [4.78, 5) is 2.38. The Kier molecular flexibility index (Phi) is 6.34. The minimum atomic E-state index is -3.39. The van der Waals surface area contributed by atoms with Crippen LogP contribution in [0.25, 0.3) is 5.69 Å². The Morgan fingerprint density at radius 2 is 1.90 bits per heavy atom. The van der Waals surface area contributed by atoms with Crippen molar-refractivity contribution in [3.05, 3.63) is 53.7 Å². The lowest BCUT2D eigenvalue weighted by Gasteiger charge is -2.32. The van der Waals surface area contributed by atoms with Gasteiger partial charge in [0.25, 0.3) is 0 Å². The van der Waals surface area contributed by atoms with Gasteiger partial charge in [-0.05, 0) is 72.9 Å². The van der Waals surface area contributed by atoms with Crippen LogP contribution in [0.1, 0.15) is 25.1 Å². The Hall–Kier alpha value is -2.14. The smallest absolute Gasteiger partial charge is 0.250 e. The molecule has 1 N–H and O–H groups in total. The number of sulfonamides is 1. The Labute approximate surface area is 174 Å². The fourth-order valence-corrected chi connectivity index (χ4v) is 5.87. The zero-order valence-corrected chi connectivity index (χ0v) is 17.6. The van der Waals surface area contributed by atoms with E-state index in [-0.39, 0.29) is 6.04 Å². The maximum absolute atomic E-state index is 12.4. The molecule has 0 spiro atoms. The lowest BCUT2D eigenvalue weighted by atomic mass is 10.1. The minimum absolute atomic E-state index is 0.00345. The molecule has 1 fully saturated rings. The van der Waals surface area contributed by atoms with Crippen LogP contribution < -0.4 is 4.72 Å². The van der Waals surface area contributed by atoms with Crippen LogP contribution in [0, 0.1) is 0 Å². The predicted octanol–water partition coefficient (Wildman–Crippen LogP) is 2.10. The molecule has 0 bridgehead atoms. The molecular formula is C19H24N6O2S2. The SMILES string of the molecule is O=S(=O)(NC1CCN(CCCc2nnnn2-c2ccccc2)CC1)c1cccs1. The van der Waals surface area contributed by atoms with Gasteiger partial charge >= 0.3 is 0 Å². The molecule has 1 aromatic carbocycles. The van der Waals surface area contributed by atoms with Gasteiger partial charge in [-0.1, -0.05) is 24.3 Å². The van der Waals surface area contributed by atoms with E-state index in [0.717, 1.165) is 56.8 Å². The Morgan fingerprint density at radius 1 is 1.10 bits per heavy atom. The molecule has 3 heterocycles. The van der Waals surface area contributed by atoms with Crippen molar-refractivity contribution in [3.63, 3.8) is 0 Å². The first-order chi connectivity index (χ1) is 14.1. The fourth-order valence-electron chi connectivity index (χ4n) is 3.56. The summed E-state index contributed by atoms with van der Waals surface area (Å²) in [6, 6.07) is 13.3. The highest BCUT2D eigenvalue weighted by Gasteiger charge is 2.25. The topological polar surface area (TPSA) is 93.0 Å². The van der Waals surface area contributed by atoms with Gasteiger partial charge in [0.15, 0.2) is 5.82 Å². The Balaban J connectivity index is 1.23. The second-order valence-electron chi connectivity index (χ2n) is 7.12. The summed E-state index contributed by atoms with van der Waals surface area (Å²) in [6.45, 7) is 2.73. The molecule has 10 heteroatoms. The number of piperidine rings is 1. The monoisotopic (exact) mass is 432 g/mol. The summed E-state index contributed by atoms with van der Waals surface area (Å²) < 4.78 is 29.7. The predicted molar refractivity (Wildman–Crippen MR) is 112 cm³/mol. The number of hydrogen-bond donors (Lipinski definition) is 1. The van der Waals surface area contributed by atoms with Crippen molar-refractivity contribution in [3.8, 4) is 5.69 Å². The van der Waals surface area contributed by atoms with E-state index in [9.17, 15) is 8.42 Å². The van der Waals surface area contributed by atoms with Crippen LogP contribution in [0.3, 0.4) is 0 Å². The molecule has 1 aliphatic rings. The molecule has 0 saturated carbocycles. The summed E-state index contributed by atoms with van der Waals surface area (Å²) in [5.41, 5.74) is 0.964. The number of rotatable bonds is 8. The van der Waals surface area contributed by atoms with Crippen molar-refractivity contribution in [1.29, 1.82) is 0 Å². The molecular weight excluding hydrogens is 408 g/mol. The number of aryl methyl sites for hydroxylation is 1. The Bertz CT molecular complexity index is 997. The lowest BCUT2D eigenvalue weighted by Crippen LogP contribution is -2.44. The first-order valence-electron chi connectivity index (χ1n) is 9.73. The highest BCUT2D eigenvalue weighted by molar-refractivity contribution is 7.91. The molecule has 0 radical (unpaired) electrons. The number of nitrogens with one attached hydrogen (secondary N) is 1. The molecule has 29 heavy (non-hydrogen) atoms. The molecule has 8 nitrogen and oxygen atoms in total. The van der Waals surface area contributed by atoms with Crippen molar-refractivity contribution in [1.82, 2.24) is 29.8 Å². The summed E-state index contributed by atoms with van der Waals surface area (Å²) in [5.74, 6) is 0.856. The van der Waals surface area contributed by atoms with E-state index in [1.54, 1.807) is 22.2 Å². The number of hydrogen-bond acceptors (Lipinski definition) is 7. The summed E-state index contributed by atoms with van der Waals surface area (Å²) in [7, 11) is -3.39. The van der Waals surface area contributed by atoms with Gasteiger partial charge in [0.05, 0.1) is 5.69 Å². The van der Waals surface area contributed by atoms with Gasteiger partial charge in [-0.25, -0.2) is 13.1 Å². The number of likely N-dealkylation sites (tertiary alicyclic amines) is 1. The number of para-hydroxylation sites is 1. The van der Waals surface area contributed by atoms with Gasteiger partial charge in [0, 0.05) is 12.5 Å². The lowest BCUT2D eigenvalue weighted by molar-refractivity contribution is 0.205.